The van der Waals surface area contributed by atoms with Crippen LogP contribution in [0.25, 0.3) is 0 Å². The highest BCUT2D eigenvalue weighted by molar-refractivity contribution is 5.97. The van der Waals surface area contributed by atoms with Crippen molar-refractivity contribution in [2.24, 2.45) is 0 Å². The summed E-state index contributed by atoms with van der Waals surface area (Å²) in [6, 6.07) is 17.1. The summed E-state index contributed by atoms with van der Waals surface area (Å²) >= 11 is 0. The highest BCUT2D eigenvalue weighted by Crippen LogP contribution is 2.32. The van der Waals surface area contributed by atoms with Gasteiger partial charge in [0.05, 0.1) is 6.54 Å². The molecule has 0 radical (unpaired) electrons. The molecule has 4 heteroatoms. The Morgan fingerprint density at radius 1 is 0.962 bits per heavy atom. The number of hydrogen-bond acceptors (Lipinski definition) is 3. The maximum Gasteiger partial charge on any atom is 0.241 e. The molecule has 2 heterocycles. The molecule has 0 saturated carbocycles. The lowest BCUT2D eigenvalue weighted by Gasteiger charge is -2.37. The van der Waals surface area contributed by atoms with E-state index < -0.39 is 0 Å². The molecule has 4 rings (SSSR count). The first kappa shape index (κ1) is 17.1. The number of aryl methyl sites for hydroxylation is 1. The van der Waals surface area contributed by atoms with Crippen LogP contribution in [-0.2, 0) is 11.2 Å². The zero-order valence-electron chi connectivity index (χ0n) is 15.7. The van der Waals surface area contributed by atoms with E-state index in [0.717, 1.165) is 38.3 Å². The normalized spacial score (nSPS) is 20.3. The van der Waals surface area contributed by atoms with Gasteiger partial charge in [0.1, 0.15) is 0 Å². The third-order valence-electron chi connectivity index (χ3n) is 5.66. The minimum atomic E-state index is 0.229. The Labute approximate surface area is 156 Å². The van der Waals surface area contributed by atoms with E-state index in [0.29, 0.717) is 6.54 Å². The average Bonchev–Trinajstić information content (AvgIpc) is 2.99. The number of rotatable bonds is 3. The number of para-hydroxylation sites is 2. The van der Waals surface area contributed by atoms with Crippen LogP contribution < -0.4 is 9.80 Å². The number of anilines is 2. The van der Waals surface area contributed by atoms with E-state index in [4.69, 9.17) is 0 Å². The van der Waals surface area contributed by atoms with Crippen molar-refractivity contribution in [3.8, 4) is 0 Å². The smallest absolute Gasteiger partial charge is 0.241 e. The molecule has 1 fully saturated rings. The van der Waals surface area contributed by atoms with Crippen LogP contribution in [0.4, 0.5) is 11.4 Å². The molecule has 0 unspecified atom stereocenters. The van der Waals surface area contributed by atoms with Gasteiger partial charge in [-0.05, 0) is 43.5 Å². The molecule has 136 valence electrons. The van der Waals surface area contributed by atoms with Gasteiger partial charge in [0.25, 0.3) is 0 Å². The van der Waals surface area contributed by atoms with Crippen LogP contribution in [0, 0.1) is 6.92 Å². The average molecular weight is 349 g/mol. The first-order valence-corrected chi connectivity index (χ1v) is 9.56. The lowest BCUT2D eigenvalue weighted by Crippen LogP contribution is -2.51. The number of amides is 1. The summed E-state index contributed by atoms with van der Waals surface area (Å²) in [7, 11) is 0. The molecule has 0 aromatic heterocycles. The topological polar surface area (TPSA) is 26.8 Å². The molecule has 1 atom stereocenters. The van der Waals surface area contributed by atoms with Crippen LogP contribution in [0.2, 0.25) is 0 Å². The fourth-order valence-electron chi connectivity index (χ4n) is 4.28. The second-order valence-corrected chi connectivity index (χ2v) is 7.50. The lowest BCUT2D eigenvalue weighted by atomic mass is 10.1. The van der Waals surface area contributed by atoms with Crippen molar-refractivity contribution in [2.75, 3.05) is 42.5 Å². The summed E-state index contributed by atoms with van der Waals surface area (Å²) in [5.41, 5.74) is 5.03. The summed E-state index contributed by atoms with van der Waals surface area (Å²) < 4.78 is 0. The molecule has 0 aliphatic carbocycles. The highest BCUT2D eigenvalue weighted by atomic mass is 16.2. The van der Waals surface area contributed by atoms with Crippen molar-refractivity contribution in [1.82, 2.24) is 4.90 Å². The Morgan fingerprint density at radius 2 is 1.62 bits per heavy atom. The quantitative estimate of drug-likeness (QED) is 0.852. The van der Waals surface area contributed by atoms with Crippen LogP contribution in [0.1, 0.15) is 18.1 Å². The van der Waals surface area contributed by atoms with Crippen LogP contribution in [-0.4, -0.2) is 49.6 Å². The molecular weight excluding hydrogens is 322 g/mol. The fraction of sp³-hybridized carbons (Fsp3) is 0.409. The molecule has 0 spiro atoms. The van der Waals surface area contributed by atoms with Crippen molar-refractivity contribution in [1.29, 1.82) is 0 Å². The van der Waals surface area contributed by atoms with Gasteiger partial charge in [-0.25, -0.2) is 0 Å². The van der Waals surface area contributed by atoms with E-state index in [2.05, 4.69) is 66.1 Å². The largest absolute Gasteiger partial charge is 0.369 e. The zero-order chi connectivity index (χ0) is 18.1. The van der Waals surface area contributed by atoms with E-state index in [1.165, 1.54) is 16.8 Å². The molecule has 1 saturated heterocycles. The third kappa shape index (κ3) is 3.21. The Balaban J connectivity index is 1.38. The standard InChI is InChI=1S/C22H27N3O/c1-17-7-3-5-9-20(17)24-13-11-23(12-14-24)16-22(26)25-18(2)15-19-8-4-6-10-21(19)25/h3-10,18H,11-16H2,1-2H3/t18-/m0/s1. The van der Waals surface area contributed by atoms with Gasteiger partial charge in [0.2, 0.25) is 5.91 Å². The maximum atomic E-state index is 13.0. The van der Waals surface area contributed by atoms with E-state index >= 15 is 0 Å². The molecule has 4 nitrogen and oxygen atoms in total. The molecule has 0 N–H and O–H groups in total. The predicted octanol–water partition coefficient (Wildman–Crippen LogP) is 3.09. The van der Waals surface area contributed by atoms with Gasteiger partial charge in [0, 0.05) is 43.6 Å². The van der Waals surface area contributed by atoms with Crippen molar-refractivity contribution < 1.29 is 4.79 Å². The van der Waals surface area contributed by atoms with Gasteiger partial charge >= 0.3 is 0 Å². The van der Waals surface area contributed by atoms with Crippen molar-refractivity contribution in [3.63, 3.8) is 0 Å². The number of carbonyl (C=O) groups excluding carboxylic acids is 1. The Hall–Kier alpha value is -2.33. The number of hydrogen-bond donors (Lipinski definition) is 0. The molecule has 26 heavy (non-hydrogen) atoms. The van der Waals surface area contributed by atoms with Gasteiger partial charge in [-0.2, -0.15) is 0 Å². The SMILES string of the molecule is Cc1ccccc1N1CCN(CC(=O)N2c3ccccc3C[C@@H]2C)CC1. The molecule has 2 aromatic carbocycles. The molecule has 2 aliphatic heterocycles. The van der Waals surface area contributed by atoms with Crippen LogP contribution in [0.3, 0.4) is 0 Å². The lowest BCUT2D eigenvalue weighted by molar-refractivity contribution is -0.120. The summed E-state index contributed by atoms with van der Waals surface area (Å²) in [4.78, 5) is 19.7. The summed E-state index contributed by atoms with van der Waals surface area (Å²) in [6.07, 6.45) is 0.961. The Kier molecular flexibility index (Phi) is 4.68. The van der Waals surface area contributed by atoms with Crippen LogP contribution in [0.5, 0.6) is 0 Å². The number of benzene rings is 2. The van der Waals surface area contributed by atoms with Crippen molar-refractivity contribution >= 4 is 17.3 Å². The number of nitrogens with zero attached hydrogens (tertiary/aromatic N) is 3. The second kappa shape index (κ2) is 7.12. The van der Waals surface area contributed by atoms with Gasteiger partial charge in [-0.1, -0.05) is 36.4 Å². The van der Waals surface area contributed by atoms with Gasteiger partial charge < -0.3 is 9.80 Å². The molecular formula is C22H27N3O. The van der Waals surface area contributed by atoms with Crippen LogP contribution in [0.15, 0.2) is 48.5 Å². The zero-order valence-corrected chi connectivity index (χ0v) is 15.7. The number of fused-ring (bicyclic) bond motifs is 1. The number of carbonyl (C=O) groups is 1. The fourth-order valence-corrected chi connectivity index (χ4v) is 4.28. The number of piperazine rings is 1. The molecule has 2 aliphatic rings. The minimum Gasteiger partial charge on any atom is -0.369 e. The summed E-state index contributed by atoms with van der Waals surface area (Å²) in [5.74, 6) is 0.229. The van der Waals surface area contributed by atoms with E-state index in [9.17, 15) is 4.79 Å². The molecule has 1 amide bonds. The molecule has 2 aromatic rings. The Morgan fingerprint density at radius 3 is 2.35 bits per heavy atom. The maximum absolute atomic E-state index is 13.0. The summed E-state index contributed by atoms with van der Waals surface area (Å²) in [6.45, 7) is 8.65. The van der Waals surface area contributed by atoms with Gasteiger partial charge in [-0.3, -0.25) is 9.69 Å². The van der Waals surface area contributed by atoms with E-state index in [-0.39, 0.29) is 11.9 Å². The first-order valence-electron chi connectivity index (χ1n) is 9.56. The van der Waals surface area contributed by atoms with Gasteiger partial charge in [-0.15, -0.1) is 0 Å². The monoisotopic (exact) mass is 349 g/mol. The summed E-state index contributed by atoms with van der Waals surface area (Å²) in [5, 5.41) is 0. The Bertz CT molecular complexity index is 795. The van der Waals surface area contributed by atoms with Crippen LogP contribution >= 0.6 is 0 Å². The van der Waals surface area contributed by atoms with Crippen molar-refractivity contribution in [3.05, 3.63) is 59.7 Å². The van der Waals surface area contributed by atoms with Crippen molar-refractivity contribution in [2.45, 2.75) is 26.3 Å². The molecule has 0 bridgehead atoms. The second-order valence-electron chi connectivity index (χ2n) is 7.50. The minimum absolute atomic E-state index is 0.229. The highest BCUT2D eigenvalue weighted by Gasteiger charge is 2.31. The van der Waals surface area contributed by atoms with Gasteiger partial charge in [0.15, 0.2) is 0 Å². The third-order valence-corrected chi connectivity index (χ3v) is 5.66. The first-order chi connectivity index (χ1) is 12.6. The predicted molar refractivity (Wildman–Crippen MR) is 107 cm³/mol. The van der Waals surface area contributed by atoms with E-state index in [1.54, 1.807) is 0 Å². The van der Waals surface area contributed by atoms with E-state index in [1.807, 2.05) is 11.0 Å².